The van der Waals surface area contributed by atoms with E-state index < -0.39 is 12.0 Å². The van der Waals surface area contributed by atoms with Crippen LogP contribution in [-0.2, 0) is 14.3 Å². The Morgan fingerprint density at radius 3 is 2.92 bits per heavy atom. The molecular weight excluding hydrogens is 352 g/mol. The van der Waals surface area contributed by atoms with Crippen molar-refractivity contribution in [2.75, 3.05) is 7.11 Å². The van der Waals surface area contributed by atoms with Gasteiger partial charge in [0.15, 0.2) is 6.04 Å². The third-order valence-corrected chi connectivity index (χ3v) is 4.64. The zero-order chi connectivity index (χ0) is 18.7. The lowest BCUT2D eigenvalue weighted by atomic mass is 10.0. The van der Waals surface area contributed by atoms with Gasteiger partial charge in [-0.3, -0.25) is 10.1 Å². The second-order valence-electron chi connectivity index (χ2n) is 6.36. The topological polar surface area (TPSA) is 92.7 Å². The smallest absolute Gasteiger partial charge is 0.330 e. The van der Waals surface area contributed by atoms with Crippen LogP contribution < -0.4 is 10.6 Å². The van der Waals surface area contributed by atoms with Crippen LogP contribution in [-0.4, -0.2) is 36.0 Å². The number of carbonyl (C=O) groups is 2. The summed E-state index contributed by atoms with van der Waals surface area (Å²) in [6.45, 7) is 4.00. The minimum atomic E-state index is -0.657. The van der Waals surface area contributed by atoms with Gasteiger partial charge in [0.1, 0.15) is 5.70 Å². The van der Waals surface area contributed by atoms with Crippen molar-refractivity contribution in [3.63, 3.8) is 0 Å². The Balaban J connectivity index is 1.81. The molecular formula is C18H20N4O3S. The van der Waals surface area contributed by atoms with E-state index in [1.54, 1.807) is 22.9 Å². The van der Waals surface area contributed by atoms with Crippen molar-refractivity contribution in [1.82, 2.24) is 15.6 Å². The monoisotopic (exact) mass is 372 g/mol. The van der Waals surface area contributed by atoms with Crippen LogP contribution in [0.25, 0.3) is 16.3 Å². The number of aliphatic imine (C=N–C) groups is 1. The van der Waals surface area contributed by atoms with Crippen molar-refractivity contribution in [2.45, 2.75) is 26.3 Å². The molecule has 26 heavy (non-hydrogen) atoms. The Morgan fingerprint density at radius 1 is 1.38 bits per heavy atom. The lowest BCUT2D eigenvalue weighted by molar-refractivity contribution is -0.142. The van der Waals surface area contributed by atoms with Gasteiger partial charge in [-0.05, 0) is 36.1 Å². The number of esters is 1. The van der Waals surface area contributed by atoms with Crippen LogP contribution in [0.5, 0.6) is 0 Å². The standard InChI is InChI=1S/C18H20N4O3S/c1-10(2)6-14(17(24)25-3)21-18-20-13(16(23)22-18)7-11-4-5-12-15(8-11)26-9-19-12/h4-5,7-10,14H,6H2,1-3H3,(H2,20,21,22,23)/b13-7-/t14-/m0/s1. The molecule has 2 N–H and O–H groups in total. The molecule has 1 atom stereocenters. The first-order chi connectivity index (χ1) is 12.5. The zero-order valence-electron chi connectivity index (χ0n) is 14.8. The Labute approximate surface area is 155 Å². The van der Waals surface area contributed by atoms with E-state index in [4.69, 9.17) is 4.74 Å². The average molecular weight is 372 g/mol. The number of nitrogens with one attached hydrogen (secondary N) is 2. The Bertz CT molecular complexity index is 901. The van der Waals surface area contributed by atoms with E-state index in [1.165, 1.54) is 7.11 Å². The van der Waals surface area contributed by atoms with Crippen LogP contribution in [0.1, 0.15) is 25.8 Å². The molecule has 1 saturated heterocycles. The Hall–Kier alpha value is -2.74. The van der Waals surface area contributed by atoms with E-state index in [9.17, 15) is 9.59 Å². The van der Waals surface area contributed by atoms with Gasteiger partial charge < -0.3 is 10.1 Å². The van der Waals surface area contributed by atoms with Crippen LogP contribution in [0.3, 0.4) is 0 Å². The lowest BCUT2D eigenvalue weighted by Gasteiger charge is -2.13. The minimum Gasteiger partial charge on any atom is -0.467 e. The first-order valence-corrected chi connectivity index (χ1v) is 9.13. The lowest BCUT2D eigenvalue weighted by Crippen LogP contribution is -2.31. The summed E-state index contributed by atoms with van der Waals surface area (Å²) in [4.78, 5) is 32.7. The van der Waals surface area contributed by atoms with Gasteiger partial charge in [0.05, 0.1) is 22.8 Å². The van der Waals surface area contributed by atoms with Crippen molar-refractivity contribution < 1.29 is 14.3 Å². The molecule has 1 fully saturated rings. The summed E-state index contributed by atoms with van der Waals surface area (Å²) in [5.74, 6) is -0.186. The maximum atomic E-state index is 12.2. The molecule has 1 aliphatic heterocycles. The molecule has 2 aromatic rings. The second-order valence-corrected chi connectivity index (χ2v) is 7.25. The number of amides is 1. The summed E-state index contributed by atoms with van der Waals surface area (Å²) in [5.41, 5.74) is 3.97. The Kier molecular flexibility index (Phi) is 5.32. The fourth-order valence-corrected chi connectivity index (χ4v) is 3.35. The number of fused-ring (bicyclic) bond motifs is 1. The molecule has 136 valence electrons. The van der Waals surface area contributed by atoms with Crippen molar-refractivity contribution in [2.24, 2.45) is 10.9 Å². The van der Waals surface area contributed by atoms with Gasteiger partial charge in [-0.2, -0.15) is 0 Å². The number of hydrogen-bond donors (Lipinski definition) is 2. The minimum absolute atomic E-state index is 0.260. The molecule has 0 radical (unpaired) electrons. The number of thiazole rings is 1. The third-order valence-electron chi connectivity index (χ3n) is 3.85. The number of ether oxygens (including phenoxy) is 1. The fourth-order valence-electron chi connectivity index (χ4n) is 2.62. The van der Waals surface area contributed by atoms with Crippen molar-refractivity contribution in [1.29, 1.82) is 0 Å². The molecule has 0 bridgehead atoms. The number of rotatable bonds is 5. The molecule has 1 aliphatic rings. The van der Waals surface area contributed by atoms with Gasteiger partial charge in [0.2, 0.25) is 5.96 Å². The van der Waals surface area contributed by atoms with Crippen LogP contribution in [0.2, 0.25) is 0 Å². The van der Waals surface area contributed by atoms with Crippen molar-refractivity contribution in [3.05, 3.63) is 35.0 Å². The van der Waals surface area contributed by atoms with Crippen LogP contribution in [0.4, 0.5) is 0 Å². The molecule has 1 amide bonds. The number of nitrogens with zero attached hydrogens (tertiary/aromatic N) is 2. The molecule has 0 unspecified atom stereocenters. The molecule has 0 saturated carbocycles. The van der Waals surface area contributed by atoms with E-state index in [2.05, 4.69) is 20.6 Å². The highest BCUT2D eigenvalue weighted by atomic mass is 32.1. The van der Waals surface area contributed by atoms with Crippen LogP contribution >= 0.6 is 11.3 Å². The Morgan fingerprint density at radius 2 is 2.19 bits per heavy atom. The van der Waals surface area contributed by atoms with E-state index >= 15 is 0 Å². The molecule has 2 heterocycles. The summed E-state index contributed by atoms with van der Waals surface area (Å²) in [7, 11) is 1.33. The van der Waals surface area contributed by atoms with Crippen LogP contribution in [0, 0.1) is 5.92 Å². The number of hydrogen-bond acceptors (Lipinski definition) is 6. The highest BCUT2D eigenvalue weighted by Gasteiger charge is 2.26. The maximum absolute atomic E-state index is 12.2. The summed E-state index contributed by atoms with van der Waals surface area (Å²) < 4.78 is 5.85. The van der Waals surface area contributed by atoms with Gasteiger partial charge >= 0.3 is 5.97 Å². The van der Waals surface area contributed by atoms with Gasteiger partial charge in [-0.1, -0.05) is 19.9 Å². The van der Waals surface area contributed by atoms with E-state index in [0.29, 0.717) is 12.1 Å². The molecule has 0 aliphatic carbocycles. The maximum Gasteiger partial charge on any atom is 0.330 e. The van der Waals surface area contributed by atoms with E-state index in [1.807, 2.05) is 32.0 Å². The van der Waals surface area contributed by atoms with Gasteiger partial charge in [-0.25, -0.2) is 14.8 Å². The molecule has 3 rings (SSSR count). The van der Waals surface area contributed by atoms with E-state index in [0.717, 1.165) is 15.8 Å². The summed E-state index contributed by atoms with van der Waals surface area (Å²) in [6, 6.07) is 5.13. The SMILES string of the molecule is COC(=O)[C@H](CC(C)C)N=C1NC(=O)/C(=C/c2ccc3ncsc3c2)N1. The van der Waals surface area contributed by atoms with E-state index in [-0.39, 0.29) is 17.8 Å². The summed E-state index contributed by atoms with van der Waals surface area (Å²) in [5, 5.41) is 5.60. The molecule has 1 aromatic heterocycles. The predicted molar refractivity (Wildman–Crippen MR) is 102 cm³/mol. The number of benzene rings is 1. The first-order valence-electron chi connectivity index (χ1n) is 8.25. The van der Waals surface area contributed by atoms with Gasteiger partial charge in [0, 0.05) is 0 Å². The predicted octanol–water partition coefficient (Wildman–Crippen LogP) is 2.30. The van der Waals surface area contributed by atoms with Crippen LogP contribution in [0.15, 0.2) is 34.4 Å². The number of methoxy groups -OCH3 is 1. The second kappa shape index (κ2) is 7.65. The highest BCUT2D eigenvalue weighted by Crippen LogP contribution is 2.20. The largest absolute Gasteiger partial charge is 0.467 e. The average Bonchev–Trinajstić information content (AvgIpc) is 3.19. The molecule has 1 aromatic carbocycles. The van der Waals surface area contributed by atoms with Gasteiger partial charge in [0.25, 0.3) is 5.91 Å². The highest BCUT2D eigenvalue weighted by molar-refractivity contribution is 7.16. The summed E-state index contributed by atoms with van der Waals surface area (Å²) >= 11 is 1.54. The zero-order valence-corrected chi connectivity index (χ0v) is 15.6. The molecule has 7 nitrogen and oxygen atoms in total. The van der Waals surface area contributed by atoms with Crippen molar-refractivity contribution >= 4 is 45.5 Å². The fraction of sp³-hybridized carbons (Fsp3) is 0.333. The molecule has 0 spiro atoms. The quantitative estimate of drug-likeness (QED) is 0.621. The van der Waals surface area contributed by atoms with Crippen molar-refractivity contribution in [3.8, 4) is 0 Å². The first kappa shape index (κ1) is 18.1. The van der Waals surface area contributed by atoms with Gasteiger partial charge in [-0.15, -0.1) is 11.3 Å². The number of guanidine groups is 1. The summed E-state index contributed by atoms with van der Waals surface area (Å²) in [6.07, 6.45) is 2.28. The normalized spacial score (nSPS) is 18.4. The third kappa shape index (κ3) is 4.08. The molecule has 8 heteroatoms. The number of aromatic nitrogens is 1. The number of carbonyl (C=O) groups excluding carboxylic acids is 2.